The van der Waals surface area contributed by atoms with Crippen molar-refractivity contribution in [3.63, 3.8) is 0 Å². The second kappa shape index (κ2) is 17.4. The number of aromatic nitrogens is 1. The van der Waals surface area contributed by atoms with Crippen LogP contribution < -0.4 is 19.7 Å². The number of esters is 3. The average Bonchev–Trinajstić information content (AvgIpc) is 4.02. The molecule has 2 saturated heterocycles. The molecule has 15 nitrogen and oxygen atoms in total. The van der Waals surface area contributed by atoms with Crippen molar-refractivity contribution >= 4 is 40.4 Å². The summed E-state index contributed by atoms with van der Waals surface area (Å²) in [5, 5.41) is 18.1. The number of rotatable bonds is 10. The first kappa shape index (κ1) is 48.7. The Morgan fingerprint density at radius 2 is 1.62 bits per heavy atom. The number of fused-ring (bicyclic) bond motifs is 6. The number of carbonyl (C=O) groups is 4. The number of anilines is 1. The molecule has 10 atom stereocenters. The zero-order chi connectivity index (χ0) is 50.6. The van der Waals surface area contributed by atoms with Crippen LogP contribution in [0, 0.1) is 25.2 Å². The largest absolute Gasteiger partial charge is 0.496 e. The van der Waals surface area contributed by atoms with Crippen LogP contribution in [-0.4, -0.2) is 141 Å². The van der Waals surface area contributed by atoms with Crippen LogP contribution in [0.1, 0.15) is 96.7 Å². The number of benzene rings is 3. The van der Waals surface area contributed by atoms with Crippen molar-refractivity contribution in [3.8, 4) is 11.5 Å². The van der Waals surface area contributed by atoms with Crippen LogP contribution in [-0.2, 0) is 45.8 Å². The lowest BCUT2D eigenvalue weighted by atomic mass is 9.47. The number of likely N-dealkylation sites (N-methyl/N-ethyl adjacent to an activating group) is 1. The topological polar surface area (TPSA) is 172 Å². The van der Waals surface area contributed by atoms with Crippen LogP contribution >= 0.6 is 0 Å². The molecular weight excluding hydrogens is 903 g/mol. The van der Waals surface area contributed by atoms with Crippen LogP contribution in [0.3, 0.4) is 0 Å². The van der Waals surface area contributed by atoms with E-state index in [4.69, 9.17) is 23.7 Å². The molecule has 1 spiro atoms. The maximum absolute atomic E-state index is 15.8. The monoisotopic (exact) mass is 972 g/mol. The number of ether oxygens (including phenoxy) is 5. The number of para-hydroxylation sites is 1. The minimum absolute atomic E-state index is 0.145. The van der Waals surface area contributed by atoms with Gasteiger partial charge >= 0.3 is 17.9 Å². The first-order valence-corrected chi connectivity index (χ1v) is 25.2. The summed E-state index contributed by atoms with van der Waals surface area (Å²) in [4.78, 5) is 68.6. The molecule has 1 unspecified atom stereocenters. The van der Waals surface area contributed by atoms with Crippen molar-refractivity contribution in [2.45, 2.75) is 113 Å². The van der Waals surface area contributed by atoms with Crippen LogP contribution in [0.25, 0.3) is 10.9 Å². The highest BCUT2D eigenvalue weighted by Crippen LogP contribution is 2.68. The third-order valence-electron chi connectivity index (χ3n) is 17.9. The number of nitrogens with zero attached hydrogens (tertiary/aromatic N) is 3. The highest BCUT2D eigenvalue weighted by atomic mass is 16.6. The van der Waals surface area contributed by atoms with Crippen molar-refractivity contribution < 1.29 is 48.0 Å². The molecule has 1 amide bonds. The number of aromatic amines is 1. The summed E-state index contributed by atoms with van der Waals surface area (Å²) in [5.74, 6) is -1.08. The van der Waals surface area contributed by atoms with Gasteiger partial charge < -0.3 is 48.9 Å². The number of nitrogens with one attached hydrogen (secondary N) is 2. The Kier molecular flexibility index (Phi) is 11.9. The van der Waals surface area contributed by atoms with E-state index in [1.54, 1.807) is 14.2 Å². The second-order valence-electron chi connectivity index (χ2n) is 21.4. The van der Waals surface area contributed by atoms with Gasteiger partial charge in [0.05, 0.1) is 40.0 Å². The molecule has 0 radical (unpaired) electrons. The first-order chi connectivity index (χ1) is 34.0. The molecule has 3 fully saturated rings. The molecule has 1 saturated carbocycles. The number of methoxy groups -OCH3 is 4. The predicted molar refractivity (Wildman–Crippen MR) is 268 cm³/mol. The maximum atomic E-state index is 15.8. The molecule has 71 heavy (non-hydrogen) atoms. The zero-order valence-corrected chi connectivity index (χ0v) is 42.8. The fourth-order valence-electron chi connectivity index (χ4n) is 15.4. The molecule has 3 N–H and O–H groups in total. The Hall–Kier alpha value is -5.90. The molecule has 1 aliphatic carbocycles. The van der Waals surface area contributed by atoms with Gasteiger partial charge in [-0.05, 0) is 111 Å². The van der Waals surface area contributed by atoms with Crippen molar-refractivity contribution in [2.75, 3.05) is 73.1 Å². The number of aryl methyl sites for hydroxylation is 2. The highest BCUT2D eigenvalue weighted by Gasteiger charge is 2.80. The minimum Gasteiger partial charge on any atom is -0.496 e. The first-order valence-electron chi connectivity index (χ1n) is 25.2. The summed E-state index contributed by atoms with van der Waals surface area (Å²) in [6.07, 6.45) is 5.94. The molecule has 1 aromatic heterocycles. The van der Waals surface area contributed by atoms with E-state index in [1.807, 2.05) is 69.1 Å². The van der Waals surface area contributed by atoms with E-state index in [1.165, 1.54) is 21.1 Å². The van der Waals surface area contributed by atoms with Gasteiger partial charge in [0.15, 0.2) is 6.10 Å². The Morgan fingerprint density at radius 1 is 0.887 bits per heavy atom. The Labute approximate surface area is 416 Å². The highest BCUT2D eigenvalue weighted by molar-refractivity contribution is 5.96. The van der Waals surface area contributed by atoms with E-state index >= 15 is 4.79 Å². The van der Waals surface area contributed by atoms with Gasteiger partial charge in [0.25, 0.3) is 5.91 Å². The van der Waals surface area contributed by atoms with Gasteiger partial charge in [-0.15, -0.1) is 0 Å². The summed E-state index contributed by atoms with van der Waals surface area (Å²) in [6.45, 7) is 12.6. The molecule has 3 aromatic carbocycles. The lowest BCUT2D eigenvalue weighted by Gasteiger charge is -2.63. The Bertz CT molecular complexity index is 2860. The van der Waals surface area contributed by atoms with Crippen molar-refractivity contribution in [2.24, 2.45) is 11.3 Å². The number of carbonyl (C=O) groups excluding carboxylic acids is 4. The second-order valence-corrected chi connectivity index (χ2v) is 21.4. The molecule has 2 bridgehead atoms. The smallest absolute Gasteiger partial charge is 0.344 e. The Balaban J connectivity index is 1.20. The molecular formula is C56H69N5O10. The van der Waals surface area contributed by atoms with Gasteiger partial charge in [-0.1, -0.05) is 44.2 Å². The van der Waals surface area contributed by atoms with Gasteiger partial charge in [-0.2, -0.15) is 0 Å². The summed E-state index contributed by atoms with van der Waals surface area (Å²) in [6, 6.07) is 14.7. The predicted octanol–water partition coefficient (Wildman–Crippen LogP) is 6.05. The van der Waals surface area contributed by atoms with Crippen molar-refractivity contribution in [1.82, 2.24) is 20.1 Å². The quantitative estimate of drug-likeness (QED) is 0.0954. The zero-order valence-electron chi connectivity index (χ0n) is 42.8. The molecule has 15 heteroatoms. The SMILES string of the molecule is CC[C@]1(NC(=O)c2cc(C)c(OC)c(C)c2)C[C@H]2CN(CCc3c([nH]c4ccccc34)[C@@](C(=O)OC)(c3cc4c(cc3OC)N(C)[C@H]3[C@@](O)(C(=O)OC)[C@H](OC(C)=O)[C@]5(CC)C=CCN6CC[C@]43[C@@H]65)C2)C1. The van der Waals surface area contributed by atoms with E-state index in [0.717, 1.165) is 50.3 Å². The van der Waals surface area contributed by atoms with Crippen LogP contribution in [0.2, 0.25) is 0 Å². The Morgan fingerprint density at radius 3 is 2.28 bits per heavy atom. The van der Waals surface area contributed by atoms with E-state index in [9.17, 15) is 19.5 Å². The average molecular weight is 972 g/mol. The normalized spacial score (nSPS) is 32.5. The molecule has 378 valence electrons. The van der Waals surface area contributed by atoms with Crippen LogP contribution in [0.4, 0.5) is 5.69 Å². The van der Waals surface area contributed by atoms with Crippen molar-refractivity contribution in [3.05, 3.63) is 99.8 Å². The van der Waals surface area contributed by atoms with Gasteiger partial charge in [0, 0.05) is 96.5 Å². The summed E-state index contributed by atoms with van der Waals surface area (Å²) in [7, 11) is 7.81. The van der Waals surface area contributed by atoms with E-state index < -0.39 is 57.4 Å². The lowest BCUT2D eigenvalue weighted by Crippen LogP contribution is -2.81. The molecule has 6 aliphatic rings. The molecule has 6 heterocycles. The van der Waals surface area contributed by atoms with Crippen molar-refractivity contribution in [1.29, 1.82) is 0 Å². The van der Waals surface area contributed by atoms with E-state index in [0.29, 0.717) is 88.1 Å². The van der Waals surface area contributed by atoms with Crippen LogP contribution in [0.5, 0.6) is 11.5 Å². The van der Waals surface area contributed by atoms with Gasteiger partial charge in [0.2, 0.25) is 5.60 Å². The number of aliphatic hydroxyl groups is 1. The lowest BCUT2D eigenvalue weighted by molar-refractivity contribution is -0.228. The number of H-pyrrole nitrogens is 1. The summed E-state index contributed by atoms with van der Waals surface area (Å²) >= 11 is 0. The number of hydrogen-bond donors (Lipinski definition) is 3. The van der Waals surface area contributed by atoms with E-state index in [2.05, 4.69) is 51.3 Å². The summed E-state index contributed by atoms with van der Waals surface area (Å²) < 4.78 is 30.0. The van der Waals surface area contributed by atoms with Gasteiger partial charge in [-0.25, -0.2) is 4.79 Å². The maximum Gasteiger partial charge on any atom is 0.344 e. The molecule has 10 rings (SSSR count). The van der Waals surface area contributed by atoms with Gasteiger partial charge in [-0.3, -0.25) is 19.3 Å². The van der Waals surface area contributed by atoms with Gasteiger partial charge in [0.1, 0.15) is 16.9 Å². The third kappa shape index (κ3) is 6.77. The standard InChI is InChI=1S/C56H69N5O10/c1-11-52(58-46(63)36-24-32(3)44(68-8)33(4)25-36)28-35-29-55(50(64)69-9,45-38(18-22-60(30-35)31-52)37-16-13-14-17-41(37)57-45)40-26-39-42(27-43(40)67-7)59(6)48-54(39)20-23-61-21-15-19-53(12-2,47(54)61)49(71-34(5)62)56(48,66)51(65)70-10/h13-17,19,24-27,35,47-49,57,66H,11-12,18,20-23,28-31H2,1-10H3,(H,58,63)/t35-,47+,48-,49-,52+,53-,54-,55+,56+/m1/s1. The van der Waals surface area contributed by atoms with Crippen LogP contribution in [0.15, 0.2) is 60.7 Å². The number of hydrogen-bond acceptors (Lipinski definition) is 13. The molecule has 5 aliphatic heterocycles. The third-order valence-corrected chi connectivity index (χ3v) is 17.9. The summed E-state index contributed by atoms with van der Waals surface area (Å²) in [5.41, 5.74) is 0.685. The molecule has 4 aromatic rings. The fraction of sp³-hybridized carbons (Fsp3) is 0.536. The fourth-order valence-corrected chi connectivity index (χ4v) is 15.4. The minimum atomic E-state index is -2.34. The number of piperidine rings is 1. The van der Waals surface area contributed by atoms with E-state index in [-0.39, 0.29) is 17.9 Å². The number of amides is 1.